The summed E-state index contributed by atoms with van der Waals surface area (Å²) in [5, 5.41) is 8.64. The zero-order valence-electron chi connectivity index (χ0n) is 14.0. The van der Waals surface area contributed by atoms with E-state index in [1.54, 1.807) is 31.2 Å². The Morgan fingerprint density at radius 2 is 1.48 bits per heavy atom. The average molecular weight is 355 g/mol. The molecule has 130 valence electrons. The van der Waals surface area contributed by atoms with Crippen molar-refractivity contribution in [2.75, 3.05) is 10.6 Å². The minimum absolute atomic E-state index is 0.0399. The second kappa shape index (κ2) is 9.54. The van der Waals surface area contributed by atoms with E-state index in [1.807, 2.05) is 30.3 Å². The highest BCUT2D eigenvalue weighted by Crippen LogP contribution is 2.13. The maximum atomic E-state index is 11.9. The van der Waals surface area contributed by atoms with E-state index in [-0.39, 0.29) is 16.9 Å². The summed E-state index contributed by atoms with van der Waals surface area (Å²) in [6, 6.07) is 16.9. The second-order valence-corrected chi connectivity index (χ2v) is 5.88. The molecule has 0 unspecified atom stereocenters. The molecule has 0 aromatic heterocycles. The monoisotopic (exact) mass is 355 g/mol. The lowest BCUT2D eigenvalue weighted by Gasteiger charge is -2.10. The lowest BCUT2D eigenvalue weighted by atomic mass is 10.1. The summed E-state index contributed by atoms with van der Waals surface area (Å²) in [5.74, 6) is -0.171. The number of hydrogen-bond acceptors (Lipinski definition) is 3. The molecule has 2 aromatic rings. The largest absolute Gasteiger partial charge is 0.332 e. The Hall–Kier alpha value is -2.73. The third-order valence-corrected chi connectivity index (χ3v) is 3.69. The normalized spacial score (nSPS) is 9.96. The van der Waals surface area contributed by atoms with Gasteiger partial charge in [0.2, 0.25) is 11.8 Å². The Bertz CT molecular complexity index is 730. The third-order valence-electron chi connectivity index (χ3n) is 3.48. The van der Waals surface area contributed by atoms with Gasteiger partial charge in [-0.15, -0.1) is 0 Å². The van der Waals surface area contributed by atoms with Crippen LogP contribution in [0.1, 0.15) is 25.3 Å². The van der Waals surface area contributed by atoms with Gasteiger partial charge in [-0.2, -0.15) is 0 Å². The molecule has 0 spiro atoms. The van der Waals surface area contributed by atoms with Crippen molar-refractivity contribution in [1.29, 1.82) is 0 Å². The molecule has 0 aliphatic carbocycles. The molecule has 3 N–H and O–H groups in total. The molecule has 0 aliphatic heterocycles. The van der Waals surface area contributed by atoms with E-state index in [0.29, 0.717) is 19.3 Å². The van der Waals surface area contributed by atoms with Crippen LogP contribution in [-0.4, -0.2) is 16.9 Å². The van der Waals surface area contributed by atoms with Crippen LogP contribution in [0.2, 0.25) is 0 Å². The molecule has 0 atom stereocenters. The number of hydrogen-bond donors (Lipinski definition) is 3. The fourth-order valence-electron chi connectivity index (χ4n) is 2.14. The van der Waals surface area contributed by atoms with Crippen molar-refractivity contribution in [3.05, 3.63) is 60.2 Å². The first kappa shape index (κ1) is 18.6. The molecule has 0 radical (unpaired) electrons. The van der Waals surface area contributed by atoms with Gasteiger partial charge in [-0.25, -0.2) is 0 Å². The molecule has 0 heterocycles. The molecule has 2 aromatic carbocycles. The van der Waals surface area contributed by atoms with Crippen molar-refractivity contribution in [3.63, 3.8) is 0 Å². The van der Waals surface area contributed by atoms with Crippen LogP contribution >= 0.6 is 12.2 Å². The molecule has 6 heteroatoms. The summed E-state index contributed by atoms with van der Waals surface area (Å²) in [5.41, 5.74) is 2.57. The maximum absolute atomic E-state index is 11.9. The number of amides is 2. The summed E-state index contributed by atoms with van der Waals surface area (Å²) < 4.78 is 0. The number of nitrogens with one attached hydrogen (secondary N) is 3. The van der Waals surface area contributed by atoms with Gasteiger partial charge in [0.1, 0.15) is 0 Å². The number of carbonyl (C=O) groups excluding carboxylic acids is 2. The SMILES string of the molecule is CCC(=O)Nc1ccc(NC(=S)NC(=O)CCc2ccccc2)cc1. The van der Waals surface area contributed by atoms with E-state index in [2.05, 4.69) is 16.0 Å². The summed E-state index contributed by atoms with van der Waals surface area (Å²) in [4.78, 5) is 23.3. The second-order valence-electron chi connectivity index (χ2n) is 5.47. The molecule has 5 nitrogen and oxygen atoms in total. The number of carbonyl (C=O) groups is 2. The molecule has 0 fully saturated rings. The summed E-state index contributed by atoms with van der Waals surface area (Å²) in [6.07, 6.45) is 1.47. The predicted molar refractivity (Wildman–Crippen MR) is 104 cm³/mol. The van der Waals surface area contributed by atoms with Gasteiger partial charge in [0.05, 0.1) is 0 Å². The van der Waals surface area contributed by atoms with Crippen molar-refractivity contribution >= 4 is 40.5 Å². The highest BCUT2D eigenvalue weighted by atomic mass is 32.1. The lowest BCUT2D eigenvalue weighted by molar-refractivity contribution is -0.119. The predicted octanol–water partition coefficient (Wildman–Crippen LogP) is 3.48. The molecule has 0 aliphatic rings. The lowest BCUT2D eigenvalue weighted by Crippen LogP contribution is -2.34. The smallest absolute Gasteiger partial charge is 0.226 e. The molecule has 0 bridgehead atoms. The van der Waals surface area contributed by atoms with Gasteiger partial charge in [-0.3, -0.25) is 9.59 Å². The van der Waals surface area contributed by atoms with Crippen LogP contribution in [0.4, 0.5) is 11.4 Å². The number of aryl methyl sites for hydroxylation is 1. The minimum Gasteiger partial charge on any atom is -0.332 e. The van der Waals surface area contributed by atoms with E-state index in [9.17, 15) is 9.59 Å². The zero-order valence-corrected chi connectivity index (χ0v) is 14.9. The standard InChI is InChI=1S/C19H21N3O2S/c1-2-17(23)20-15-9-11-16(12-10-15)21-19(25)22-18(24)13-8-14-6-4-3-5-7-14/h3-7,9-12H,2,8,13H2,1H3,(H,20,23)(H2,21,22,24,25). The summed E-state index contributed by atoms with van der Waals surface area (Å²) >= 11 is 5.15. The minimum atomic E-state index is -0.131. The fourth-order valence-corrected chi connectivity index (χ4v) is 2.37. The van der Waals surface area contributed by atoms with E-state index < -0.39 is 0 Å². The molecule has 0 saturated carbocycles. The van der Waals surface area contributed by atoms with Gasteiger partial charge < -0.3 is 16.0 Å². The molecule has 0 saturated heterocycles. The molecule has 2 amide bonds. The number of benzene rings is 2. The highest BCUT2D eigenvalue weighted by Gasteiger charge is 2.06. The van der Waals surface area contributed by atoms with Crippen LogP contribution in [0.3, 0.4) is 0 Å². The van der Waals surface area contributed by atoms with Crippen LogP contribution in [0.5, 0.6) is 0 Å². The van der Waals surface area contributed by atoms with Gasteiger partial charge >= 0.3 is 0 Å². The first-order valence-electron chi connectivity index (χ1n) is 8.11. The molecule has 25 heavy (non-hydrogen) atoms. The van der Waals surface area contributed by atoms with Crippen LogP contribution in [-0.2, 0) is 16.0 Å². The topological polar surface area (TPSA) is 70.2 Å². The summed E-state index contributed by atoms with van der Waals surface area (Å²) in [7, 11) is 0. The van der Waals surface area contributed by atoms with E-state index >= 15 is 0 Å². The Kier molecular flexibility index (Phi) is 7.10. The van der Waals surface area contributed by atoms with Crippen LogP contribution in [0, 0.1) is 0 Å². The van der Waals surface area contributed by atoms with E-state index in [4.69, 9.17) is 12.2 Å². The zero-order chi connectivity index (χ0) is 18.1. The first-order valence-corrected chi connectivity index (χ1v) is 8.52. The van der Waals surface area contributed by atoms with Crippen molar-refractivity contribution in [2.45, 2.75) is 26.2 Å². The Labute approximate surface area is 152 Å². The van der Waals surface area contributed by atoms with Crippen LogP contribution < -0.4 is 16.0 Å². The van der Waals surface area contributed by atoms with Gasteiger partial charge in [-0.1, -0.05) is 37.3 Å². The van der Waals surface area contributed by atoms with Gasteiger partial charge in [-0.05, 0) is 48.5 Å². The van der Waals surface area contributed by atoms with Crippen LogP contribution in [0.25, 0.3) is 0 Å². The molecular formula is C19H21N3O2S. The highest BCUT2D eigenvalue weighted by molar-refractivity contribution is 7.80. The first-order chi connectivity index (χ1) is 12.1. The number of thiocarbonyl (C=S) groups is 1. The number of anilines is 2. The van der Waals surface area contributed by atoms with Crippen molar-refractivity contribution < 1.29 is 9.59 Å². The van der Waals surface area contributed by atoms with Gasteiger partial charge in [0.15, 0.2) is 5.11 Å². The van der Waals surface area contributed by atoms with Gasteiger partial charge in [0, 0.05) is 24.2 Å². The summed E-state index contributed by atoms with van der Waals surface area (Å²) in [6.45, 7) is 1.80. The van der Waals surface area contributed by atoms with Crippen LogP contribution in [0.15, 0.2) is 54.6 Å². The molecular weight excluding hydrogens is 334 g/mol. The molecule has 2 rings (SSSR count). The Balaban J connectivity index is 1.77. The Morgan fingerprint density at radius 1 is 0.880 bits per heavy atom. The van der Waals surface area contributed by atoms with E-state index in [1.165, 1.54) is 0 Å². The average Bonchev–Trinajstić information content (AvgIpc) is 2.62. The van der Waals surface area contributed by atoms with E-state index in [0.717, 1.165) is 16.9 Å². The van der Waals surface area contributed by atoms with Crippen molar-refractivity contribution in [3.8, 4) is 0 Å². The Morgan fingerprint density at radius 3 is 2.08 bits per heavy atom. The van der Waals surface area contributed by atoms with Crippen molar-refractivity contribution in [2.24, 2.45) is 0 Å². The quantitative estimate of drug-likeness (QED) is 0.694. The number of rotatable bonds is 6. The third kappa shape index (κ3) is 6.73. The fraction of sp³-hybridized carbons (Fsp3) is 0.211. The maximum Gasteiger partial charge on any atom is 0.226 e. The van der Waals surface area contributed by atoms with Crippen molar-refractivity contribution in [1.82, 2.24) is 5.32 Å². The van der Waals surface area contributed by atoms with Gasteiger partial charge in [0.25, 0.3) is 0 Å².